The van der Waals surface area contributed by atoms with Gasteiger partial charge in [0.1, 0.15) is 5.75 Å². The van der Waals surface area contributed by atoms with Gasteiger partial charge in [-0.2, -0.15) is 0 Å². The van der Waals surface area contributed by atoms with Crippen molar-refractivity contribution < 1.29 is 19.1 Å². The summed E-state index contributed by atoms with van der Waals surface area (Å²) in [7, 11) is 0. The Hall–Kier alpha value is -3.93. The van der Waals surface area contributed by atoms with Gasteiger partial charge in [0, 0.05) is 23.4 Å². The highest BCUT2D eigenvalue weighted by molar-refractivity contribution is 6.06. The SMILES string of the molecule is CCC(=O)Nc1ccc(C(=O)COc2ccccc2C(=O)Nc2ccccc2)cc1. The highest BCUT2D eigenvalue weighted by Gasteiger charge is 2.14. The number of Topliss-reactive ketones (excluding diaryl/α,β-unsaturated/α-hetero) is 1. The second kappa shape index (κ2) is 10.0. The Kier molecular flexibility index (Phi) is 6.95. The third-order valence-electron chi connectivity index (χ3n) is 4.33. The zero-order valence-corrected chi connectivity index (χ0v) is 16.6. The fraction of sp³-hybridized carbons (Fsp3) is 0.125. The monoisotopic (exact) mass is 402 g/mol. The van der Waals surface area contributed by atoms with Gasteiger partial charge >= 0.3 is 0 Å². The predicted molar refractivity (Wildman–Crippen MR) is 116 cm³/mol. The predicted octanol–water partition coefficient (Wildman–Crippen LogP) is 4.55. The molecule has 2 amide bonds. The van der Waals surface area contributed by atoms with E-state index in [2.05, 4.69) is 10.6 Å². The van der Waals surface area contributed by atoms with Gasteiger partial charge in [-0.15, -0.1) is 0 Å². The van der Waals surface area contributed by atoms with Gasteiger partial charge in [0.2, 0.25) is 5.91 Å². The van der Waals surface area contributed by atoms with E-state index in [9.17, 15) is 14.4 Å². The van der Waals surface area contributed by atoms with E-state index in [-0.39, 0.29) is 24.2 Å². The number of rotatable bonds is 8. The summed E-state index contributed by atoms with van der Waals surface area (Å²) >= 11 is 0. The van der Waals surface area contributed by atoms with Crippen molar-refractivity contribution in [2.75, 3.05) is 17.2 Å². The molecule has 0 bridgehead atoms. The molecule has 6 nitrogen and oxygen atoms in total. The molecule has 0 heterocycles. The fourth-order valence-electron chi connectivity index (χ4n) is 2.72. The molecule has 0 saturated heterocycles. The van der Waals surface area contributed by atoms with Gasteiger partial charge in [0.05, 0.1) is 5.56 Å². The Labute approximate surface area is 174 Å². The van der Waals surface area contributed by atoms with Crippen LogP contribution in [-0.2, 0) is 4.79 Å². The second-order valence-electron chi connectivity index (χ2n) is 6.51. The smallest absolute Gasteiger partial charge is 0.259 e. The van der Waals surface area contributed by atoms with Crippen LogP contribution in [0.25, 0.3) is 0 Å². The number of para-hydroxylation sites is 2. The lowest BCUT2D eigenvalue weighted by Gasteiger charge is -2.11. The zero-order chi connectivity index (χ0) is 21.3. The van der Waals surface area contributed by atoms with Crippen LogP contribution in [0.15, 0.2) is 78.9 Å². The molecule has 0 spiro atoms. The normalized spacial score (nSPS) is 10.2. The number of hydrogen-bond donors (Lipinski definition) is 2. The molecule has 0 aliphatic rings. The van der Waals surface area contributed by atoms with Crippen LogP contribution in [-0.4, -0.2) is 24.2 Å². The molecule has 3 rings (SSSR count). The van der Waals surface area contributed by atoms with Crippen molar-refractivity contribution >= 4 is 29.0 Å². The van der Waals surface area contributed by atoms with Crippen molar-refractivity contribution in [1.29, 1.82) is 0 Å². The van der Waals surface area contributed by atoms with Gasteiger partial charge in [-0.1, -0.05) is 37.3 Å². The van der Waals surface area contributed by atoms with E-state index in [1.165, 1.54) is 0 Å². The van der Waals surface area contributed by atoms with Crippen LogP contribution < -0.4 is 15.4 Å². The molecule has 0 atom stereocenters. The molecule has 3 aromatic rings. The van der Waals surface area contributed by atoms with Crippen LogP contribution in [0.2, 0.25) is 0 Å². The number of anilines is 2. The van der Waals surface area contributed by atoms with Crippen LogP contribution in [0.4, 0.5) is 11.4 Å². The van der Waals surface area contributed by atoms with Crippen LogP contribution in [0.3, 0.4) is 0 Å². The molecule has 152 valence electrons. The number of hydrogen-bond acceptors (Lipinski definition) is 4. The number of benzene rings is 3. The molecule has 0 radical (unpaired) electrons. The summed E-state index contributed by atoms with van der Waals surface area (Å²) < 4.78 is 5.64. The molecule has 0 saturated carbocycles. The number of carbonyl (C=O) groups excluding carboxylic acids is 3. The maximum atomic E-state index is 12.6. The van der Waals surface area contributed by atoms with Crippen molar-refractivity contribution in [1.82, 2.24) is 0 Å². The zero-order valence-electron chi connectivity index (χ0n) is 16.6. The van der Waals surface area contributed by atoms with Crippen LogP contribution >= 0.6 is 0 Å². The van der Waals surface area contributed by atoms with Crippen molar-refractivity contribution in [3.05, 3.63) is 90.0 Å². The molecule has 6 heteroatoms. The number of ketones is 1. The van der Waals surface area contributed by atoms with Gasteiger partial charge in [0.15, 0.2) is 12.4 Å². The molecule has 0 fully saturated rings. The molecule has 2 N–H and O–H groups in total. The summed E-state index contributed by atoms with van der Waals surface area (Å²) in [5, 5.41) is 5.54. The minimum Gasteiger partial charge on any atom is -0.485 e. The Morgan fingerprint density at radius 2 is 1.40 bits per heavy atom. The Morgan fingerprint density at radius 3 is 2.10 bits per heavy atom. The van der Waals surface area contributed by atoms with Crippen LogP contribution in [0, 0.1) is 0 Å². The third kappa shape index (κ3) is 5.54. The highest BCUT2D eigenvalue weighted by Crippen LogP contribution is 2.20. The first-order valence-electron chi connectivity index (χ1n) is 9.58. The number of amides is 2. The van der Waals surface area contributed by atoms with Gasteiger partial charge in [-0.3, -0.25) is 14.4 Å². The maximum Gasteiger partial charge on any atom is 0.259 e. The fourth-order valence-corrected chi connectivity index (χ4v) is 2.72. The quantitative estimate of drug-likeness (QED) is 0.542. The average Bonchev–Trinajstić information content (AvgIpc) is 2.78. The third-order valence-corrected chi connectivity index (χ3v) is 4.33. The second-order valence-corrected chi connectivity index (χ2v) is 6.51. The molecular weight excluding hydrogens is 380 g/mol. The van der Waals surface area contributed by atoms with E-state index in [0.29, 0.717) is 34.7 Å². The first-order chi connectivity index (χ1) is 14.6. The van der Waals surface area contributed by atoms with E-state index in [0.717, 1.165) is 0 Å². The van der Waals surface area contributed by atoms with E-state index in [1.807, 2.05) is 18.2 Å². The number of ether oxygens (including phenoxy) is 1. The molecule has 0 aliphatic heterocycles. The summed E-state index contributed by atoms with van der Waals surface area (Å²) in [5.41, 5.74) is 2.09. The van der Waals surface area contributed by atoms with E-state index in [4.69, 9.17) is 4.74 Å². The van der Waals surface area contributed by atoms with Crippen LogP contribution in [0.1, 0.15) is 34.1 Å². The summed E-state index contributed by atoms with van der Waals surface area (Å²) in [6.07, 6.45) is 0.381. The minimum absolute atomic E-state index is 0.0946. The van der Waals surface area contributed by atoms with Gasteiger partial charge in [-0.25, -0.2) is 0 Å². The first kappa shape index (κ1) is 20.8. The molecule has 0 unspecified atom stereocenters. The topological polar surface area (TPSA) is 84.5 Å². The minimum atomic E-state index is -0.319. The average molecular weight is 402 g/mol. The largest absolute Gasteiger partial charge is 0.485 e. The van der Waals surface area contributed by atoms with Gasteiger partial charge in [-0.05, 0) is 48.5 Å². The lowest BCUT2D eigenvalue weighted by atomic mass is 10.1. The van der Waals surface area contributed by atoms with E-state index in [1.54, 1.807) is 67.6 Å². The Balaban J connectivity index is 1.64. The summed E-state index contributed by atoms with van der Waals surface area (Å²) in [5.74, 6) is -0.323. The number of nitrogens with one attached hydrogen (secondary N) is 2. The molecule has 3 aromatic carbocycles. The lowest BCUT2D eigenvalue weighted by Crippen LogP contribution is -2.16. The number of carbonyl (C=O) groups is 3. The van der Waals surface area contributed by atoms with E-state index < -0.39 is 0 Å². The first-order valence-corrected chi connectivity index (χ1v) is 9.58. The summed E-state index contributed by atoms with van der Waals surface area (Å²) in [6.45, 7) is 1.55. The standard InChI is InChI=1S/C24H22N2O4/c1-2-23(28)25-19-14-12-17(13-15-19)21(27)16-30-22-11-7-6-10-20(22)24(29)26-18-8-4-3-5-9-18/h3-15H,2,16H2,1H3,(H,25,28)(H,26,29). The van der Waals surface area contributed by atoms with Crippen LogP contribution in [0.5, 0.6) is 5.75 Å². The van der Waals surface area contributed by atoms with Crippen molar-refractivity contribution in [2.24, 2.45) is 0 Å². The molecule has 0 aromatic heterocycles. The summed E-state index contributed by atoms with van der Waals surface area (Å²) in [4.78, 5) is 36.5. The highest BCUT2D eigenvalue weighted by atomic mass is 16.5. The molecule has 30 heavy (non-hydrogen) atoms. The Bertz CT molecular complexity index is 1030. The van der Waals surface area contributed by atoms with E-state index >= 15 is 0 Å². The molecular formula is C24H22N2O4. The van der Waals surface area contributed by atoms with Crippen molar-refractivity contribution in [3.63, 3.8) is 0 Å². The van der Waals surface area contributed by atoms with Crippen molar-refractivity contribution in [3.8, 4) is 5.75 Å². The Morgan fingerprint density at radius 1 is 0.767 bits per heavy atom. The summed E-state index contributed by atoms with van der Waals surface area (Å²) in [6, 6.07) is 22.5. The lowest BCUT2D eigenvalue weighted by molar-refractivity contribution is -0.115. The van der Waals surface area contributed by atoms with Gasteiger partial charge < -0.3 is 15.4 Å². The molecule has 0 aliphatic carbocycles. The maximum absolute atomic E-state index is 12.6. The van der Waals surface area contributed by atoms with Gasteiger partial charge in [0.25, 0.3) is 5.91 Å². The van der Waals surface area contributed by atoms with Crippen molar-refractivity contribution in [2.45, 2.75) is 13.3 Å².